The van der Waals surface area contributed by atoms with Gasteiger partial charge in [0, 0.05) is 39.3 Å². The number of anilines is 1. The molecule has 21 heavy (non-hydrogen) atoms. The second kappa shape index (κ2) is 8.84. The maximum absolute atomic E-state index is 11.7. The van der Waals surface area contributed by atoms with Gasteiger partial charge in [-0.25, -0.2) is 4.79 Å². The van der Waals surface area contributed by atoms with Crippen molar-refractivity contribution in [3.05, 3.63) is 29.8 Å². The van der Waals surface area contributed by atoms with Crippen molar-refractivity contribution >= 4 is 17.6 Å². The summed E-state index contributed by atoms with van der Waals surface area (Å²) in [6, 6.07) is 7.54. The first kappa shape index (κ1) is 16.8. The average molecular weight is 292 g/mol. The molecule has 116 valence electrons. The highest BCUT2D eigenvalue weighted by molar-refractivity contribution is 5.75. The van der Waals surface area contributed by atoms with Crippen LogP contribution in [0.15, 0.2) is 24.3 Å². The third-order valence-electron chi connectivity index (χ3n) is 3.07. The minimum atomic E-state index is -0.527. The third-order valence-corrected chi connectivity index (χ3v) is 3.07. The number of urea groups is 1. The van der Waals surface area contributed by atoms with Crippen LogP contribution >= 0.6 is 0 Å². The van der Waals surface area contributed by atoms with E-state index in [2.05, 4.69) is 10.6 Å². The standard InChI is InChI=1S/C15H24N4O2/c1-19(2)13-8-6-12(7-9-13)11-18-14(20)5-3-4-10-17-15(16)21/h6-9H,3-5,10-11H2,1-2H3,(H,18,20)(H3,16,17,21). The molecule has 0 spiro atoms. The lowest BCUT2D eigenvalue weighted by atomic mass is 10.2. The molecular formula is C15H24N4O2. The van der Waals surface area contributed by atoms with Crippen LogP contribution in [0.3, 0.4) is 0 Å². The summed E-state index contributed by atoms with van der Waals surface area (Å²) in [7, 11) is 3.98. The van der Waals surface area contributed by atoms with Crippen LogP contribution in [0.1, 0.15) is 24.8 Å². The number of carbonyl (C=O) groups is 2. The van der Waals surface area contributed by atoms with Crippen LogP contribution < -0.4 is 21.3 Å². The molecule has 6 heteroatoms. The van der Waals surface area contributed by atoms with Gasteiger partial charge in [-0.1, -0.05) is 12.1 Å². The van der Waals surface area contributed by atoms with Crippen molar-refractivity contribution < 1.29 is 9.59 Å². The molecule has 1 aromatic rings. The van der Waals surface area contributed by atoms with Crippen molar-refractivity contribution in [1.29, 1.82) is 0 Å². The Labute approximate surface area is 125 Å². The minimum absolute atomic E-state index is 0.0192. The van der Waals surface area contributed by atoms with Gasteiger partial charge in [0.2, 0.25) is 5.91 Å². The number of hydrogen-bond acceptors (Lipinski definition) is 3. The van der Waals surface area contributed by atoms with Gasteiger partial charge in [0.25, 0.3) is 0 Å². The second-order valence-corrected chi connectivity index (χ2v) is 5.09. The van der Waals surface area contributed by atoms with E-state index >= 15 is 0 Å². The topological polar surface area (TPSA) is 87.5 Å². The van der Waals surface area contributed by atoms with E-state index in [4.69, 9.17) is 5.73 Å². The molecule has 0 fully saturated rings. The number of unbranched alkanes of at least 4 members (excludes halogenated alkanes) is 1. The van der Waals surface area contributed by atoms with Crippen LogP contribution in [-0.2, 0) is 11.3 Å². The van der Waals surface area contributed by atoms with Crippen LogP contribution in [0, 0.1) is 0 Å². The number of carbonyl (C=O) groups excluding carboxylic acids is 2. The number of hydrogen-bond donors (Lipinski definition) is 3. The summed E-state index contributed by atoms with van der Waals surface area (Å²) in [5.74, 6) is 0.0192. The molecule has 0 aliphatic carbocycles. The Kier molecular flexibility index (Phi) is 7.08. The third kappa shape index (κ3) is 7.20. The van der Waals surface area contributed by atoms with Crippen molar-refractivity contribution in [2.45, 2.75) is 25.8 Å². The Morgan fingerprint density at radius 2 is 1.76 bits per heavy atom. The van der Waals surface area contributed by atoms with E-state index in [0.29, 0.717) is 19.5 Å². The van der Waals surface area contributed by atoms with E-state index in [1.54, 1.807) is 0 Å². The predicted molar refractivity (Wildman–Crippen MR) is 84.1 cm³/mol. The summed E-state index contributed by atoms with van der Waals surface area (Å²) < 4.78 is 0. The van der Waals surface area contributed by atoms with Crippen molar-refractivity contribution in [1.82, 2.24) is 10.6 Å². The van der Waals surface area contributed by atoms with Gasteiger partial charge < -0.3 is 21.3 Å². The molecule has 0 radical (unpaired) electrons. The molecule has 4 N–H and O–H groups in total. The molecule has 1 rings (SSSR count). The van der Waals surface area contributed by atoms with Gasteiger partial charge in [0.1, 0.15) is 0 Å². The van der Waals surface area contributed by atoms with E-state index in [-0.39, 0.29) is 5.91 Å². The van der Waals surface area contributed by atoms with Crippen LogP contribution in [0.4, 0.5) is 10.5 Å². The van der Waals surface area contributed by atoms with Crippen molar-refractivity contribution in [2.75, 3.05) is 25.5 Å². The first-order valence-corrected chi connectivity index (χ1v) is 7.05. The lowest BCUT2D eigenvalue weighted by Gasteiger charge is -2.13. The zero-order valence-electron chi connectivity index (χ0n) is 12.7. The Hall–Kier alpha value is -2.24. The highest BCUT2D eigenvalue weighted by Crippen LogP contribution is 2.12. The Morgan fingerprint density at radius 1 is 1.10 bits per heavy atom. The smallest absolute Gasteiger partial charge is 0.312 e. The molecule has 0 atom stereocenters. The van der Waals surface area contributed by atoms with E-state index in [0.717, 1.165) is 24.1 Å². The Bertz CT molecular complexity index is 457. The van der Waals surface area contributed by atoms with Gasteiger partial charge in [0.05, 0.1) is 0 Å². The van der Waals surface area contributed by atoms with E-state index < -0.39 is 6.03 Å². The van der Waals surface area contributed by atoms with Gasteiger partial charge >= 0.3 is 6.03 Å². The molecule has 0 aliphatic heterocycles. The zero-order chi connectivity index (χ0) is 15.7. The summed E-state index contributed by atoms with van der Waals surface area (Å²) in [6.07, 6.45) is 1.93. The first-order chi connectivity index (χ1) is 9.99. The number of benzene rings is 1. The normalized spacial score (nSPS) is 10.0. The molecular weight excluding hydrogens is 268 g/mol. The molecule has 1 aromatic carbocycles. The fourth-order valence-corrected chi connectivity index (χ4v) is 1.82. The number of nitrogens with one attached hydrogen (secondary N) is 2. The SMILES string of the molecule is CN(C)c1ccc(CNC(=O)CCCCNC(N)=O)cc1. The average Bonchev–Trinajstić information content (AvgIpc) is 2.44. The van der Waals surface area contributed by atoms with Crippen LogP contribution in [-0.4, -0.2) is 32.6 Å². The predicted octanol–water partition coefficient (Wildman–Crippen LogP) is 1.21. The van der Waals surface area contributed by atoms with Gasteiger partial charge in [-0.15, -0.1) is 0 Å². The molecule has 0 aromatic heterocycles. The number of primary amides is 1. The number of nitrogens with two attached hydrogens (primary N) is 1. The number of rotatable bonds is 8. The summed E-state index contributed by atoms with van der Waals surface area (Å²) in [6.45, 7) is 1.04. The molecule has 0 unspecified atom stereocenters. The van der Waals surface area contributed by atoms with E-state index in [1.807, 2.05) is 43.3 Å². The molecule has 0 heterocycles. The monoisotopic (exact) mass is 292 g/mol. The van der Waals surface area contributed by atoms with Gasteiger partial charge in [0.15, 0.2) is 0 Å². The van der Waals surface area contributed by atoms with Gasteiger partial charge in [-0.3, -0.25) is 4.79 Å². The maximum atomic E-state index is 11.7. The Balaban J connectivity index is 2.19. The fourth-order valence-electron chi connectivity index (χ4n) is 1.82. The summed E-state index contributed by atoms with van der Waals surface area (Å²) in [4.78, 5) is 24.1. The van der Waals surface area contributed by atoms with E-state index in [9.17, 15) is 9.59 Å². The van der Waals surface area contributed by atoms with Crippen molar-refractivity contribution in [2.24, 2.45) is 5.73 Å². The summed E-state index contributed by atoms with van der Waals surface area (Å²) in [5, 5.41) is 5.38. The molecule has 0 bridgehead atoms. The molecule has 6 nitrogen and oxygen atoms in total. The second-order valence-electron chi connectivity index (χ2n) is 5.09. The lowest BCUT2D eigenvalue weighted by molar-refractivity contribution is -0.121. The molecule has 0 saturated carbocycles. The zero-order valence-corrected chi connectivity index (χ0v) is 12.7. The van der Waals surface area contributed by atoms with Crippen LogP contribution in [0.25, 0.3) is 0 Å². The number of nitrogens with zero attached hydrogens (tertiary/aromatic N) is 1. The van der Waals surface area contributed by atoms with Crippen LogP contribution in [0.2, 0.25) is 0 Å². The van der Waals surface area contributed by atoms with Gasteiger partial charge in [-0.05, 0) is 30.5 Å². The van der Waals surface area contributed by atoms with E-state index in [1.165, 1.54) is 0 Å². The number of amides is 3. The highest BCUT2D eigenvalue weighted by atomic mass is 16.2. The van der Waals surface area contributed by atoms with Crippen molar-refractivity contribution in [3.8, 4) is 0 Å². The van der Waals surface area contributed by atoms with Gasteiger partial charge in [-0.2, -0.15) is 0 Å². The summed E-state index contributed by atoms with van der Waals surface area (Å²) >= 11 is 0. The largest absolute Gasteiger partial charge is 0.378 e. The van der Waals surface area contributed by atoms with Crippen molar-refractivity contribution in [3.63, 3.8) is 0 Å². The first-order valence-electron chi connectivity index (χ1n) is 7.05. The highest BCUT2D eigenvalue weighted by Gasteiger charge is 2.02. The quantitative estimate of drug-likeness (QED) is 0.629. The van der Waals surface area contributed by atoms with Crippen LogP contribution in [0.5, 0.6) is 0 Å². The maximum Gasteiger partial charge on any atom is 0.312 e. The minimum Gasteiger partial charge on any atom is -0.378 e. The lowest BCUT2D eigenvalue weighted by Crippen LogP contribution is -2.30. The molecule has 0 aliphatic rings. The summed E-state index contributed by atoms with van der Waals surface area (Å²) in [5.41, 5.74) is 7.15. The fraction of sp³-hybridized carbons (Fsp3) is 0.467. The Morgan fingerprint density at radius 3 is 2.33 bits per heavy atom. The molecule has 3 amide bonds. The molecule has 0 saturated heterocycles.